The smallest absolute Gasteiger partial charge is 0.261 e. The van der Waals surface area contributed by atoms with E-state index in [4.69, 9.17) is 0 Å². The Morgan fingerprint density at radius 2 is 1.69 bits per heavy atom. The van der Waals surface area contributed by atoms with Crippen molar-refractivity contribution >= 4 is 21.4 Å². The summed E-state index contributed by atoms with van der Waals surface area (Å²) in [5.41, 5.74) is 2.82. The molecule has 0 amide bonds. The molecule has 0 fully saturated rings. The van der Waals surface area contributed by atoms with Crippen molar-refractivity contribution in [3.05, 3.63) is 90.9 Å². The van der Waals surface area contributed by atoms with Crippen molar-refractivity contribution in [1.82, 2.24) is 24.8 Å². The van der Waals surface area contributed by atoms with Gasteiger partial charge in [-0.2, -0.15) is 9.61 Å². The summed E-state index contributed by atoms with van der Waals surface area (Å²) >= 11 is 0. The third-order valence-electron chi connectivity index (χ3n) is 4.69. The Morgan fingerprint density at radius 3 is 2.47 bits per heavy atom. The Bertz CT molecular complexity index is 1520. The first-order valence-electron chi connectivity index (χ1n) is 9.52. The minimum atomic E-state index is -3.87. The molecule has 1 N–H and O–H groups in total. The fourth-order valence-electron chi connectivity index (χ4n) is 3.17. The lowest BCUT2D eigenvalue weighted by Gasteiger charge is -2.10. The van der Waals surface area contributed by atoms with Crippen molar-refractivity contribution < 1.29 is 12.8 Å². The fourth-order valence-corrected chi connectivity index (χ4v) is 4.22. The summed E-state index contributed by atoms with van der Waals surface area (Å²) in [7, 11) is -3.87. The molecule has 0 bridgehead atoms. The standard InChI is InChI=1S/C22H15FN6O2S/c23-16-7-9-18(10-8-16)32(30,31)28-17-5-3-4-15(14-17)19-11-12-21-25-26-22(29(21)27-19)20-6-1-2-13-24-20/h1-14,28H. The molecule has 3 heterocycles. The third-order valence-corrected chi connectivity index (χ3v) is 6.09. The molecule has 0 unspecified atom stereocenters. The van der Waals surface area contributed by atoms with Gasteiger partial charge in [0.25, 0.3) is 10.0 Å². The van der Waals surface area contributed by atoms with Crippen LogP contribution in [0.15, 0.2) is 90.0 Å². The van der Waals surface area contributed by atoms with Crippen LogP contribution in [0.3, 0.4) is 0 Å². The molecule has 32 heavy (non-hydrogen) atoms. The van der Waals surface area contributed by atoms with Crippen molar-refractivity contribution in [2.45, 2.75) is 4.90 Å². The predicted octanol–water partition coefficient (Wildman–Crippen LogP) is 3.79. The van der Waals surface area contributed by atoms with Gasteiger partial charge in [-0.15, -0.1) is 10.2 Å². The van der Waals surface area contributed by atoms with Gasteiger partial charge in [0.1, 0.15) is 11.5 Å². The van der Waals surface area contributed by atoms with E-state index in [2.05, 4.69) is 25.0 Å². The molecule has 5 rings (SSSR count). The van der Waals surface area contributed by atoms with E-state index in [1.165, 1.54) is 12.1 Å². The number of benzene rings is 2. The molecule has 5 aromatic rings. The summed E-state index contributed by atoms with van der Waals surface area (Å²) < 4.78 is 42.5. The number of sulfonamides is 1. The zero-order valence-electron chi connectivity index (χ0n) is 16.4. The van der Waals surface area contributed by atoms with Crippen LogP contribution in [0.25, 0.3) is 28.4 Å². The molecule has 0 saturated carbocycles. The fraction of sp³-hybridized carbons (Fsp3) is 0. The first-order valence-corrected chi connectivity index (χ1v) is 11.0. The first-order chi connectivity index (χ1) is 15.5. The Kier molecular flexibility index (Phi) is 4.83. The topological polar surface area (TPSA) is 102 Å². The van der Waals surface area contributed by atoms with Crippen molar-refractivity contribution in [3.63, 3.8) is 0 Å². The van der Waals surface area contributed by atoms with Crippen LogP contribution >= 0.6 is 0 Å². The van der Waals surface area contributed by atoms with Crippen molar-refractivity contribution in [1.29, 1.82) is 0 Å². The summed E-state index contributed by atoms with van der Waals surface area (Å²) in [6.45, 7) is 0. The van der Waals surface area contributed by atoms with E-state index in [9.17, 15) is 12.8 Å². The minimum Gasteiger partial charge on any atom is -0.280 e. The van der Waals surface area contributed by atoms with Crippen molar-refractivity contribution in [2.24, 2.45) is 0 Å². The second-order valence-electron chi connectivity index (χ2n) is 6.87. The van der Waals surface area contributed by atoms with Gasteiger partial charge in [0.05, 0.1) is 10.6 Å². The highest BCUT2D eigenvalue weighted by Gasteiger charge is 2.15. The number of pyridine rings is 1. The number of hydrogen-bond donors (Lipinski definition) is 1. The largest absolute Gasteiger partial charge is 0.280 e. The second-order valence-corrected chi connectivity index (χ2v) is 8.55. The van der Waals surface area contributed by atoms with Crippen LogP contribution in [-0.4, -0.2) is 33.2 Å². The van der Waals surface area contributed by atoms with Gasteiger partial charge in [-0.05, 0) is 60.7 Å². The molecule has 0 spiro atoms. The minimum absolute atomic E-state index is 0.0339. The molecule has 0 radical (unpaired) electrons. The van der Waals surface area contributed by atoms with E-state index >= 15 is 0 Å². The second kappa shape index (κ2) is 7.82. The van der Waals surface area contributed by atoms with Gasteiger partial charge in [0.2, 0.25) is 5.82 Å². The third kappa shape index (κ3) is 3.79. The molecule has 0 aliphatic carbocycles. The number of halogens is 1. The Hall–Kier alpha value is -4.18. The highest BCUT2D eigenvalue weighted by atomic mass is 32.2. The molecule has 3 aromatic heterocycles. The molecule has 0 aliphatic rings. The van der Waals surface area contributed by atoms with Crippen LogP contribution in [0.4, 0.5) is 10.1 Å². The maximum absolute atomic E-state index is 13.1. The van der Waals surface area contributed by atoms with E-state index in [1.807, 2.05) is 24.3 Å². The number of nitrogens with one attached hydrogen (secondary N) is 1. The van der Waals surface area contributed by atoms with Gasteiger partial charge in [-0.1, -0.05) is 18.2 Å². The molecule has 158 valence electrons. The van der Waals surface area contributed by atoms with Crippen molar-refractivity contribution in [2.75, 3.05) is 4.72 Å². The van der Waals surface area contributed by atoms with E-state index in [1.54, 1.807) is 41.0 Å². The maximum Gasteiger partial charge on any atom is 0.261 e. The number of aromatic nitrogens is 5. The lowest BCUT2D eigenvalue weighted by atomic mass is 10.1. The number of anilines is 1. The van der Waals surface area contributed by atoms with Gasteiger partial charge in [-0.3, -0.25) is 9.71 Å². The lowest BCUT2D eigenvalue weighted by molar-refractivity contribution is 0.599. The number of rotatable bonds is 5. The van der Waals surface area contributed by atoms with Crippen LogP contribution in [-0.2, 0) is 10.0 Å². The highest BCUT2D eigenvalue weighted by Crippen LogP contribution is 2.24. The summed E-state index contributed by atoms with van der Waals surface area (Å²) in [5, 5.41) is 12.9. The van der Waals surface area contributed by atoms with Crippen LogP contribution in [0, 0.1) is 5.82 Å². The molecule has 0 atom stereocenters. The van der Waals surface area contributed by atoms with Gasteiger partial charge >= 0.3 is 0 Å². The molecule has 8 nitrogen and oxygen atoms in total. The summed E-state index contributed by atoms with van der Waals surface area (Å²) in [6, 6.07) is 20.5. The number of nitrogens with zero attached hydrogens (tertiary/aromatic N) is 5. The van der Waals surface area contributed by atoms with Crippen LogP contribution in [0.1, 0.15) is 0 Å². The molecule has 10 heteroatoms. The summed E-state index contributed by atoms with van der Waals surface area (Å²) in [6.07, 6.45) is 1.66. The molecule has 0 aliphatic heterocycles. The van der Waals surface area contributed by atoms with Gasteiger partial charge in [0, 0.05) is 17.4 Å². The van der Waals surface area contributed by atoms with E-state index < -0.39 is 15.8 Å². The summed E-state index contributed by atoms with van der Waals surface area (Å²) in [4.78, 5) is 4.26. The lowest BCUT2D eigenvalue weighted by Crippen LogP contribution is -2.13. The Labute approximate surface area is 182 Å². The Balaban J connectivity index is 1.50. The maximum atomic E-state index is 13.1. The average molecular weight is 446 g/mol. The SMILES string of the molecule is O=S(=O)(Nc1cccc(-c2ccc3nnc(-c4ccccn4)n3n2)c1)c1ccc(F)cc1. The Morgan fingerprint density at radius 1 is 0.844 bits per heavy atom. The molecular formula is C22H15FN6O2S. The van der Waals surface area contributed by atoms with Crippen LogP contribution in [0.2, 0.25) is 0 Å². The highest BCUT2D eigenvalue weighted by molar-refractivity contribution is 7.92. The first kappa shape index (κ1) is 19.8. The molecule has 0 saturated heterocycles. The zero-order valence-corrected chi connectivity index (χ0v) is 17.2. The molecule has 2 aromatic carbocycles. The average Bonchev–Trinajstić information content (AvgIpc) is 3.23. The quantitative estimate of drug-likeness (QED) is 0.441. The number of hydrogen-bond acceptors (Lipinski definition) is 6. The number of fused-ring (bicyclic) bond motifs is 1. The van der Waals surface area contributed by atoms with Gasteiger partial charge < -0.3 is 0 Å². The normalized spacial score (nSPS) is 11.5. The summed E-state index contributed by atoms with van der Waals surface area (Å²) in [5.74, 6) is -0.0119. The van der Waals surface area contributed by atoms with Crippen molar-refractivity contribution in [3.8, 4) is 22.8 Å². The zero-order chi connectivity index (χ0) is 22.1. The molecular weight excluding hydrogens is 431 g/mol. The monoisotopic (exact) mass is 446 g/mol. The van der Waals surface area contributed by atoms with Gasteiger partial charge in [-0.25, -0.2) is 12.8 Å². The van der Waals surface area contributed by atoms with E-state index in [0.717, 1.165) is 12.1 Å². The van der Waals surface area contributed by atoms with E-state index in [-0.39, 0.29) is 4.90 Å². The van der Waals surface area contributed by atoms with Crippen LogP contribution < -0.4 is 4.72 Å². The van der Waals surface area contributed by atoms with Crippen LogP contribution in [0.5, 0.6) is 0 Å². The van der Waals surface area contributed by atoms with E-state index in [0.29, 0.717) is 34.1 Å². The van der Waals surface area contributed by atoms with Gasteiger partial charge in [0.15, 0.2) is 5.65 Å². The predicted molar refractivity (Wildman–Crippen MR) is 117 cm³/mol.